The lowest BCUT2D eigenvalue weighted by Crippen LogP contribution is -2.14. The molecule has 0 radical (unpaired) electrons. The molecular formula is C21H22ClNO4. The molecule has 27 heavy (non-hydrogen) atoms. The molecule has 0 amide bonds. The van der Waals surface area contributed by atoms with Gasteiger partial charge in [0.1, 0.15) is 0 Å². The summed E-state index contributed by atoms with van der Waals surface area (Å²) in [6.07, 6.45) is 1.35. The van der Waals surface area contributed by atoms with E-state index in [0.29, 0.717) is 11.6 Å². The predicted octanol–water partition coefficient (Wildman–Crippen LogP) is 5.51. The van der Waals surface area contributed by atoms with Crippen LogP contribution in [-0.4, -0.2) is 30.3 Å². The van der Waals surface area contributed by atoms with E-state index in [9.17, 15) is 9.59 Å². The van der Waals surface area contributed by atoms with E-state index in [1.807, 2.05) is 37.3 Å². The van der Waals surface area contributed by atoms with Crippen molar-refractivity contribution in [2.75, 3.05) is 13.7 Å². The Kier molecular flexibility index (Phi) is 5.71. The van der Waals surface area contributed by atoms with E-state index in [4.69, 9.17) is 21.1 Å². The van der Waals surface area contributed by atoms with Gasteiger partial charge >= 0.3 is 12.1 Å². The Hall–Kier alpha value is -2.53. The molecule has 3 aromatic rings. The maximum absolute atomic E-state index is 12.7. The Balaban J connectivity index is 2.17. The Morgan fingerprint density at radius 1 is 1.11 bits per heavy atom. The molecule has 142 valence electrons. The van der Waals surface area contributed by atoms with Gasteiger partial charge in [0.25, 0.3) is 0 Å². The number of hydrogen-bond acceptors (Lipinski definition) is 4. The molecule has 0 fully saturated rings. The van der Waals surface area contributed by atoms with Crippen molar-refractivity contribution in [2.24, 2.45) is 0 Å². The van der Waals surface area contributed by atoms with Gasteiger partial charge in [-0.05, 0) is 49.2 Å². The predicted molar refractivity (Wildman–Crippen MR) is 107 cm³/mol. The number of esters is 1. The van der Waals surface area contributed by atoms with Crippen molar-refractivity contribution in [3.63, 3.8) is 0 Å². The fourth-order valence-electron chi connectivity index (χ4n) is 3.16. The number of carbonyl (C=O) groups excluding carboxylic acids is 2. The van der Waals surface area contributed by atoms with Crippen LogP contribution in [0.3, 0.4) is 0 Å². The second kappa shape index (κ2) is 8.01. The number of halogens is 1. The zero-order valence-corrected chi connectivity index (χ0v) is 16.4. The van der Waals surface area contributed by atoms with Crippen molar-refractivity contribution in [3.8, 4) is 0 Å². The smallest absolute Gasteiger partial charge is 0.418 e. The van der Waals surface area contributed by atoms with E-state index in [0.717, 1.165) is 40.2 Å². The quantitative estimate of drug-likeness (QED) is 0.428. The zero-order valence-electron chi connectivity index (χ0n) is 15.6. The van der Waals surface area contributed by atoms with Crippen LogP contribution < -0.4 is 0 Å². The first-order valence-electron chi connectivity index (χ1n) is 8.96. The van der Waals surface area contributed by atoms with Gasteiger partial charge in [-0.3, -0.25) is 4.79 Å². The van der Waals surface area contributed by atoms with E-state index in [-0.39, 0.29) is 5.97 Å². The van der Waals surface area contributed by atoms with Crippen LogP contribution in [0.25, 0.3) is 21.8 Å². The Bertz CT molecular complexity index is 1010. The number of ether oxygens (including phenoxy) is 2. The van der Waals surface area contributed by atoms with E-state index in [1.165, 1.54) is 7.11 Å². The molecule has 3 rings (SSSR count). The van der Waals surface area contributed by atoms with Crippen LogP contribution in [0.15, 0.2) is 36.4 Å². The van der Waals surface area contributed by atoms with Gasteiger partial charge < -0.3 is 9.47 Å². The Labute approximate surface area is 162 Å². The molecule has 2 aromatic carbocycles. The van der Waals surface area contributed by atoms with Gasteiger partial charge in [-0.1, -0.05) is 31.0 Å². The Morgan fingerprint density at radius 2 is 1.78 bits per heavy atom. The summed E-state index contributed by atoms with van der Waals surface area (Å²) >= 11 is 6.19. The molecule has 0 aliphatic carbocycles. The van der Waals surface area contributed by atoms with Crippen molar-refractivity contribution in [1.29, 1.82) is 0 Å². The van der Waals surface area contributed by atoms with Crippen LogP contribution in [0.1, 0.15) is 38.2 Å². The highest BCUT2D eigenvalue weighted by atomic mass is 35.5. The van der Waals surface area contributed by atoms with Crippen molar-refractivity contribution in [3.05, 3.63) is 47.0 Å². The minimum absolute atomic E-state index is 0.310. The summed E-state index contributed by atoms with van der Waals surface area (Å²) in [5, 5.41) is 2.25. The highest BCUT2D eigenvalue weighted by Gasteiger charge is 2.21. The second-order valence-corrected chi connectivity index (χ2v) is 6.92. The number of rotatable bonds is 5. The molecule has 0 N–H and O–H groups in total. The molecule has 0 aliphatic heterocycles. The van der Waals surface area contributed by atoms with E-state index < -0.39 is 12.0 Å². The minimum Gasteiger partial charge on any atom is -0.469 e. The summed E-state index contributed by atoms with van der Waals surface area (Å²) in [7, 11) is 1.37. The van der Waals surface area contributed by atoms with Crippen molar-refractivity contribution < 1.29 is 19.1 Å². The van der Waals surface area contributed by atoms with Crippen LogP contribution in [0, 0.1) is 0 Å². The molecule has 0 saturated heterocycles. The lowest BCUT2D eigenvalue weighted by molar-refractivity contribution is -0.141. The Morgan fingerprint density at radius 3 is 2.44 bits per heavy atom. The van der Waals surface area contributed by atoms with Crippen LogP contribution in [0.2, 0.25) is 5.02 Å². The van der Waals surface area contributed by atoms with Gasteiger partial charge in [0.05, 0.1) is 30.7 Å². The lowest BCUT2D eigenvalue weighted by atomic mass is 9.99. The molecule has 1 aromatic heterocycles. The largest absolute Gasteiger partial charge is 0.469 e. The first-order chi connectivity index (χ1) is 13.0. The van der Waals surface area contributed by atoms with Crippen molar-refractivity contribution in [2.45, 2.75) is 32.6 Å². The van der Waals surface area contributed by atoms with E-state index in [2.05, 4.69) is 0 Å². The van der Waals surface area contributed by atoms with Crippen LogP contribution in [-0.2, 0) is 14.3 Å². The van der Waals surface area contributed by atoms with Gasteiger partial charge in [-0.2, -0.15) is 0 Å². The SMILES string of the molecule is CCCCOC(=O)n1c2ccc(Cl)cc2c2cc(C(C)C(=O)OC)ccc21. The number of nitrogens with zero attached hydrogens (tertiary/aromatic N) is 1. The number of unbranched alkanes of at least 4 members (excludes halogenated alkanes) is 1. The highest BCUT2D eigenvalue weighted by molar-refractivity contribution is 6.32. The molecule has 1 heterocycles. The number of benzene rings is 2. The van der Waals surface area contributed by atoms with Crippen LogP contribution in [0.4, 0.5) is 4.79 Å². The summed E-state index contributed by atoms with van der Waals surface area (Å²) in [5.74, 6) is -0.719. The molecule has 0 bridgehead atoms. The molecule has 5 nitrogen and oxygen atoms in total. The summed E-state index contributed by atoms with van der Waals surface area (Å²) in [4.78, 5) is 24.6. The third-order valence-corrected chi connectivity index (χ3v) is 4.95. The third-order valence-electron chi connectivity index (χ3n) is 4.71. The van der Waals surface area contributed by atoms with E-state index in [1.54, 1.807) is 17.6 Å². The monoisotopic (exact) mass is 387 g/mol. The topological polar surface area (TPSA) is 57.5 Å². The number of hydrogen-bond donors (Lipinski definition) is 0. The molecule has 1 atom stereocenters. The standard InChI is InChI=1S/C21H22ClNO4/c1-4-5-10-27-21(25)23-18-8-6-14(13(2)20(24)26-3)11-16(18)17-12-15(22)7-9-19(17)23/h6-9,11-13H,4-5,10H2,1-3H3. The maximum Gasteiger partial charge on any atom is 0.418 e. The third kappa shape index (κ3) is 3.65. The lowest BCUT2D eigenvalue weighted by Gasteiger charge is -2.10. The fourth-order valence-corrected chi connectivity index (χ4v) is 3.33. The van der Waals surface area contributed by atoms with Gasteiger partial charge in [0, 0.05) is 15.8 Å². The second-order valence-electron chi connectivity index (χ2n) is 6.49. The van der Waals surface area contributed by atoms with Gasteiger partial charge in [-0.25, -0.2) is 9.36 Å². The van der Waals surface area contributed by atoms with Crippen molar-refractivity contribution >= 4 is 45.5 Å². The number of carbonyl (C=O) groups is 2. The number of aromatic nitrogens is 1. The average molecular weight is 388 g/mol. The average Bonchev–Trinajstić information content (AvgIpc) is 2.99. The molecule has 0 spiro atoms. The normalized spacial score (nSPS) is 12.3. The van der Waals surface area contributed by atoms with Gasteiger partial charge in [0.15, 0.2) is 0 Å². The van der Waals surface area contributed by atoms with Gasteiger partial charge in [-0.15, -0.1) is 0 Å². The first-order valence-corrected chi connectivity index (χ1v) is 9.34. The molecule has 1 unspecified atom stereocenters. The number of methoxy groups -OCH3 is 1. The first kappa shape index (κ1) is 19.2. The van der Waals surface area contributed by atoms with Crippen LogP contribution >= 0.6 is 11.6 Å². The fraction of sp³-hybridized carbons (Fsp3) is 0.333. The minimum atomic E-state index is -0.417. The zero-order chi connectivity index (χ0) is 19.6. The highest BCUT2D eigenvalue weighted by Crippen LogP contribution is 2.33. The van der Waals surface area contributed by atoms with Gasteiger partial charge in [0.2, 0.25) is 0 Å². The summed E-state index contributed by atoms with van der Waals surface area (Å²) in [6.45, 7) is 4.21. The molecule has 0 saturated carbocycles. The summed E-state index contributed by atoms with van der Waals surface area (Å²) < 4.78 is 11.8. The molecular weight excluding hydrogens is 366 g/mol. The summed E-state index contributed by atoms with van der Waals surface area (Å²) in [6, 6.07) is 10.9. The summed E-state index contributed by atoms with van der Waals surface area (Å²) in [5.41, 5.74) is 2.25. The van der Waals surface area contributed by atoms with Crippen LogP contribution in [0.5, 0.6) is 0 Å². The maximum atomic E-state index is 12.7. The van der Waals surface area contributed by atoms with E-state index >= 15 is 0 Å². The molecule has 0 aliphatic rings. The molecule has 6 heteroatoms. The number of fused-ring (bicyclic) bond motifs is 3. The van der Waals surface area contributed by atoms with Crippen molar-refractivity contribution in [1.82, 2.24) is 4.57 Å².